The summed E-state index contributed by atoms with van der Waals surface area (Å²) in [5, 5.41) is 14.3. The summed E-state index contributed by atoms with van der Waals surface area (Å²) in [7, 11) is 1.44. The quantitative estimate of drug-likeness (QED) is 0.531. The molecule has 0 saturated carbocycles. The first kappa shape index (κ1) is 16.4. The smallest absolute Gasteiger partial charge is 0.337 e. The molecule has 0 unspecified atom stereocenters. The molecule has 1 aromatic rings. The van der Waals surface area contributed by atoms with Gasteiger partial charge in [0.1, 0.15) is 5.75 Å². The van der Waals surface area contributed by atoms with Crippen molar-refractivity contribution in [3.63, 3.8) is 0 Å². The van der Waals surface area contributed by atoms with Crippen LogP contribution in [-0.4, -0.2) is 30.8 Å². The number of amides is 2. The molecule has 0 aliphatic rings. The van der Waals surface area contributed by atoms with Crippen LogP contribution in [0.25, 0.3) is 0 Å². The predicted molar refractivity (Wildman–Crippen MR) is 79.7 cm³/mol. The zero-order valence-electron chi connectivity index (χ0n) is 11.8. The van der Waals surface area contributed by atoms with Crippen LogP contribution in [0.15, 0.2) is 18.2 Å². The first-order chi connectivity index (χ1) is 10.1. The molecule has 21 heavy (non-hydrogen) atoms. The van der Waals surface area contributed by atoms with Crippen LogP contribution in [0.5, 0.6) is 5.75 Å². The van der Waals surface area contributed by atoms with Crippen molar-refractivity contribution in [3.8, 4) is 18.1 Å². The molecule has 1 aromatic carbocycles. The Morgan fingerprint density at radius 3 is 2.76 bits per heavy atom. The van der Waals surface area contributed by atoms with Crippen LogP contribution in [-0.2, 0) is 0 Å². The molecule has 6 nitrogen and oxygen atoms in total. The van der Waals surface area contributed by atoms with Crippen LogP contribution < -0.4 is 15.4 Å². The van der Waals surface area contributed by atoms with E-state index in [2.05, 4.69) is 16.6 Å². The van der Waals surface area contributed by atoms with Gasteiger partial charge in [0.05, 0.1) is 18.4 Å². The lowest BCUT2D eigenvalue weighted by molar-refractivity contribution is 0.0697. The van der Waals surface area contributed by atoms with Crippen LogP contribution in [0.3, 0.4) is 0 Å². The van der Waals surface area contributed by atoms with Gasteiger partial charge >= 0.3 is 12.0 Å². The highest BCUT2D eigenvalue weighted by molar-refractivity contribution is 6.00. The number of carboxylic acids is 1. The zero-order chi connectivity index (χ0) is 15.7. The summed E-state index contributed by atoms with van der Waals surface area (Å²) < 4.78 is 4.96. The van der Waals surface area contributed by atoms with E-state index in [1.807, 2.05) is 0 Å². The lowest BCUT2D eigenvalue weighted by Gasteiger charge is -2.11. The Balaban J connectivity index is 2.59. The normalized spacial score (nSPS) is 9.52. The number of carboxylic acid groups (broad SMARTS) is 1. The van der Waals surface area contributed by atoms with Crippen molar-refractivity contribution in [1.82, 2.24) is 5.32 Å². The van der Waals surface area contributed by atoms with Crippen molar-refractivity contribution in [3.05, 3.63) is 23.8 Å². The summed E-state index contributed by atoms with van der Waals surface area (Å²) in [5.41, 5.74) is 0.182. The second kappa shape index (κ2) is 8.48. The SMILES string of the molecule is C#CCCCCNC(=O)Nc1ccc(OC)cc1C(=O)O. The molecule has 0 fully saturated rings. The van der Waals surface area contributed by atoms with Gasteiger partial charge in [-0.15, -0.1) is 12.3 Å². The molecule has 0 bridgehead atoms. The van der Waals surface area contributed by atoms with Crippen molar-refractivity contribution in [2.75, 3.05) is 19.0 Å². The Bertz CT molecular complexity index is 549. The molecule has 0 aliphatic carbocycles. The monoisotopic (exact) mass is 290 g/mol. The average molecular weight is 290 g/mol. The summed E-state index contributed by atoms with van der Waals surface area (Å²) in [6, 6.07) is 3.96. The number of benzene rings is 1. The number of ether oxygens (including phenoxy) is 1. The fourth-order valence-corrected chi connectivity index (χ4v) is 1.66. The van der Waals surface area contributed by atoms with E-state index in [0.29, 0.717) is 18.7 Å². The van der Waals surface area contributed by atoms with Gasteiger partial charge in [-0.05, 0) is 31.0 Å². The van der Waals surface area contributed by atoms with E-state index >= 15 is 0 Å². The Hall–Kier alpha value is -2.68. The minimum absolute atomic E-state index is 0.0307. The third kappa shape index (κ3) is 5.45. The van der Waals surface area contributed by atoms with E-state index < -0.39 is 12.0 Å². The van der Waals surface area contributed by atoms with Crippen LogP contribution >= 0.6 is 0 Å². The maximum Gasteiger partial charge on any atom is 0.337 e. The Morgan fingerprint density at radius 1 is 1.38 bits per heavy atom. The second-order valence-electron chi connectivity index (χ2n) is 4.26. The number of methoxy groups -OCH3 is 1. The average Bonchev–Trinajstić information content (AvgIpc) is 2.47. The molecule has 0 heterocycles. The number of hydrogen-bond donors (Lipinski definition) is 3. The van der Waals surface area contributed by atoms with Crippen molar-refractivity contribution in [2.24, 2.45) is 0 Å². The Labute approximate surface area is 123 Å². The molecule has 3 N–H and O–H groups in total. The van der Waals surface area contributed by atoms with E-state index in [1.54, 1.807) is 6.07 Å². The number of aromatic carboxylic acids is 1. The molecule has 0 saturated heterocycles. The van der Waals surface area contributed by atoms with Crippen molar-refractivity contribution in [2.45, 2.75) is 19.3 Å². The lowest BCUT2D eigenvalue weighted by atomic mass is 10.1. The highest BCUT2D eigenvalue weighted by Crippen LogP contribution is 2.22. The van der Waals surface area contributed by atoms with E-state index in [9.17, 15) is 9.59 Å². The van der Waals surface area contributed by atoms with Crippen LogP contribution in [0.1, 0.15) is 29.6 Å². The highest BCUT2D eigenvalue weighted by Gasteiger charge is 2.13. The predicted octanol–water partition coefficient (Wildman–Crippen LogP) is 2.32. The fraction of sp³-hybridized carbons (Fsp3) is 0.333. The van der Waals surface area contributed by atoms with Gasteiger partial charge < -0.3 is 20.5 Å². The van der Waals surface area contributed by atoms with Gasteiger partial charge in [0, 0.05) is 13.0 Å². The van der Waals surface area contributed by atoms with E-state index in [0.717, 1.165) is 12.8 Å². The highest BCUT2D eigenvalue weighted by atomic mass is 16.5. The molecule has 2 amide bonds. The third-order valence-electron chi connectivity index (χ3n) is 2.74. The first-order valence-corrected chi connectivity index (χ1v) is 6.48. The Morgan fingerprint density at radius 2 is 2.14 bits per heavy atom. The van der Waals surface area contributed by atoms with Crippen molar-refractivity contribution >= 4 is 17.7 Å². The topological polar surface area (TPSA) is 87.7 Å². The summed E-state index contributed by atoms with van der Waals surface area (Å²) >= 11 is 0. The number of nitrogens with one attached hydrogen (secondary N) is 2. The van der Waals surface area contributed by atoms with E-state index in [4.69, 9.17) is 16.3 Å². The fourth-order valence-electron chi connectivity index (χ4n) is 1.66. The van der Waals surface area contributed by atoms with Gasteiger partial charge in [0.2, 0.25) is 0 Å². The summed E-state index contributed by atoms with van der Waals surface area (Å²) in [6.07, 6.45) is 7.40. The molecular formula is C15H18N2O4. The molecule has 1 rings (SSSR count). The van der Waals surface area contributed by atoms with Gasteiger partial charge in [-0.25, -0.2) is 9.59 Å². The van der Waals surface area contributed by atoms with Gasteiger partial charge in [-0.3, -0.25) is 0 Å². The van der Waals surface area contributed by atoms with Gasteiger partial charge in [-0.2, -0.15) is 0 Å². The minimum Gasteiger partial charge on any atom is -0.497 e. The number of anilines is 1. The van der Waals surface area contributed by atoms with Crippen molar-refractivity contribution < 1.29 is 19.4 Å². The Kier molecular flexibility index (Phi) is 6.61. The van der Waals surface area contributed by atoms with Crippen LogP contribution in [0.4, 0.5) is 10.5 Å². The van der Waals surface area contributed by atoms with Crippen molar-refractivity contribution in [1.29, 1.82) is 0 Å². The number of carbonyl (C=O) groups is 2. The van der Waals surface area contributed by atoms with Gasteiger partial charge in [0.15, 0.2) is 0 Å². The summed E-state index contributed by atoms with van der Waals surface area (Å²) in [5.74, 6) is 1.79. The van der Waals surface area contributed by atoms with Gasteiger partial charge in [-0.1, -0.05) is 0 Å². The zero-order valence-corrected chi connectivity index (χ0v) is 11.8. The van der Waals surface area contributed by atoms with E-state index in [-0.39, 0.29) is 11.3 Å². The summed E-state index contributed by atoms with van der Waals surface area (Å²) in [4.78, 5) is 22.8. The molecule has 0 aromatic heterocycles. The second-order valence-corrected chi connectivity index (χ2v) is 4.26. The molecule has 0 spiro atoms. The third-order valence-corrected chi connectivity index (χ3v) is 2.74. The molecule has 6 heteroatoms. The number of unbranched alkanes of at least 4 members (excludes halogenated alkanes) is 2. The minimum atomic E-state index is -1.14. The number of terminal acetylenes is 1. The molecule has 112 valence electrons. The maximum atomic E-state index is 11.7. The van der Waals surface area contributed by atoms with E-state index in [1.165, 1.54) is 19.2 Å². The molecule has 0 radical (unpaired) electrons. The van der Waals surface area contributed by atoms with Crippen LogP contribution in [0.2, 0.25) is 0 Å². The van der Waals surface area contributed by atoms with Crippen LogP contribution in [0, 0.1) is 12.3 Å². The first-order valence-electron chi connectivity index (χ1n) is 6.48. The number of rotatable bonds is 7. The maximum absolute atomic E-state index is 11.7. The number of hydrogen-bond acceptors (Lipinski definition) is 3. The molecule has 0 aliphatic heterocycles. The summed E-state index contributed by atoms with van der Waals surface area (Å²) in [6.45, 7) is 0.478. The number of urea groups is 1. The molecule has 0 atom stereocenters. The standard InChI is InChI=1S/C15H18N2O4/c1-3-4-5-6-9-16-15(20)17-13-8-7-11(21-2)10-12(13)14(18)19/h1,7-8,10H,4-6,9H2,2H3,(H,18,19)(H2,16,17,20). The number of carbonyl (C=O) groups excluding carboxylic acids is 1. The molecular weight excluding hydrogens is 272 g/mol. The van der Waals surface area contributed by atoms with Gasteiger partial charge in [0.25, 0.3) is 0 Å². The lowest BCUT2D eigenvalue weighted by Crippen LogP contribution is -2.30. The largest absolute Gasteiger partial charge is 0.497 e.